The summed E-state index contributed by atoms with van der Waals surface area (Å²) in [5, 5.41) is 41.1. The molecule has 0 bridgehead atoms. The monoisotopic (exact) mass is 803 g/mol. The lowest BCUT2D eigenvalue weighted by molar-refractivity contribution is 1.07. The second kappa shape index (κ2) is 15.9. The van der Waals surface area contributed by atoms with Crippen LogP contribution in [0.2, 0.25) is 0 Å². The summed E-state index contributed by atoms with van der Waals surface area (Å²) in [5.41, 5.74) is 11.4. The van der Waals surface area contributed by atoms with Gasteiger partial charge >= 0.3 is 0 Å². The Labute approximate surface area is 362 Å². The van der Waals surface area contributed by atoms with Crippen molar-refractivity contribution in [3.05, 3.63) is 198 Å². The zero-order valence-electron chi connectivity index (χ0n) is 33.3. The van der Waals surface area contributed by atoms with Gasteiger partial charge in [-0.15, -0.1) is 0 Å². The Bertz CT molecular complexity index is 3350. The molecule has 63 heavy (non-hydrogen) atoms. The van der Waals surface area contributed by atoms with E-state index in [2.05, 4.69) is 71.3 Å². The van der Waals surface area contributed by atoms with Gasteiger partial charge < -0.3 is 4.57 Å². The van der Waals surface area contributed by atoms with Gasteiger partial charge in [0.05, 0.1) is 63.3 Å². The third-order valence-electron chi connectivity index (χ3n) is 11.0. The molecule has 3 aromatic heterocycles. The van der Waals surface area contributed by atoms with Crippen molar-refractivity contribution in [1.82, 2.24) is 24.5 Å². The lowest BCUT2D eigenvalue weighted by Gasteiger charge is -2.15. The van der Waals surface area contributed by atoms with Gasteiger partial charge in [-0.3, -0.25) is 4.98 Å². The van der Waals surface area contributed by atoms with Crippen LogP contribution in [0.3, 0.4) is 0 Å². The average Bonchev–Trinajstić information content (AvgIpc) is 3.69. The molecule has 0 unspecified atom stereocenters. The van der Waals surface area contributed by atoms with Gasteiger partial charge in [0.15, 0.2) is 17.5 Å². The molecule has 10 aromatic rings. The largest absolute Gasteiger partial charge is 0.309 e. The maximum atomic E-state index is 9.81. The standard InChI is InChI=1S/C54H29N9/c55-30-34-21-35(31-56)24-42(23-34)40-14-18-50-46(27-40)47-28-41(43-25-36(32-57)22-37(26-43)33-58)15-19-51(47)63(50)44-16-17-45(49-13-7-8-20-59-49)48(29-44)54-61-52(38-9-3-1-4-10-38)60-53(62-54)39-11-5-2-6-12-39/h1-29H. The summed E-state index contributed by atoms with van der Waals surface area (Å²) in [5.74, 6) is 1.55. The summed E-state index contributed by atoms with van der Waals surface area (Å²) in [6.07, 6.45) is 1.77. The van der Waals surface area contributed by atoms with E-state index in [0.717, 1.165) is 77.7 Å². The summed E-state index contributed by atoms with van der Waals surface area (Å²) in [6, 6.07) is 63.1. The Morgan fingerprint density at radius 3 is 1.30 bits per heavy atom. The summed E-state index contributed by atoms with van der Waals surface area (Å²) < 4.78 is 2.19. The molecule has 3 heterocycles. The molecule has 0 fully saturated rings. The van der Waals surface area contributed by atoms with Crippen molar-refractivity contribution in [1.29, 1.82) is 21.0 Å². The lowest BCUT2D eigenvalue weighted by atomic mass is 9.97. The summed E-state index contributed by atoms with van der Waals surface area (Å²) >= 11 is 0. The van der Waals surface area contributed by atoms with E-state index in [-0.39, 0.29) is 0 Å². The zero-order chi connectivity index (χ0) is 42.9. The Morgan fingerprint density at radius 2 is 0.841 bits per heavy atom. The van der Waals surface area contributed by atoms with E-state index < -0.39 is 0 Å². The molecule has 0 amide bonds. The van der Waals surface area contributed by atoms with Crippen LogP contribution in [-0.2, 0) is 0 Å². The smallest absolute Gasteiger partial charge is 0.164 e. The van der Waals surface area contributed by atoms with Crippen molar-refractivity contribution < 1.29 is 0 Å². The fourth-order valence-electron chi connectivity index (χ4n) is 8.04. The second-order valence-corrected chi connectivity index (χ2v) is 14.8. The summed E-state index contributed by atoms with van der Waals surface area (Å²) in [7, 11) is 0. The fourth-order valence-corrected chi connectivity index (χ4v) is 8.04. The molecule has 0 spiro atoms. The average molecular weight is 804 g/mol. The number of benzene rings is 7. The van der Waals surface area contributed by atoms with Gasteiger partial charge in [-0.1, -0.05) is 78.9 Å². The highest BCUT2D eigenvalue weighted by Crippen LogP contribution is 2.40. The number of fused-ring (bicyclic) bond motifs is 3. The molecule has 0 saturated carbocycles. The number of nitriles is 4. The van der Waals surface area contributed by atoms with Crippen LogP contribution in [0.5, 0.6) is 0 Å². The Balaban J connectivity index is 1.24. The molecule has 9 heteroatoms. The zero-order valence-corrected chi connectivity index (χ0v) is 33.3. The van der Waals surface area contributed by atoms with E-state index in [1.807, 2.05) is 91.0 Å². The minimum Gasteiger partial charge on any atom is -0.309 e. The highest BCUT2D eigenvalue weighted by atomic mass is 15.0. The molecule has 10 rings (SSSR count). The molecule has 0 aliphatic rings. The maximum absolute atomic E-state index is 9.81. The van der Waals surface area contributed by atoms with Gasteiger partial charge in [0.25, 0.3) is 0 Å². The number of pyridine rings is 1. The topological polar surface area (TPSA) is 152 Å². The fraction of sp³-hybridized carbons (Fsp3) is 0. The van der Waals surface area contributed by atoms with E-state index in [4.69, 9.17) is 19.9 Å². The van der Waals surface area contributed by atoms with Crippen LogP contribution in [0.4, 0.5) is 0 Å². The number of rotatable bonds is 7. The van der Waals surface area contributed by atoms with Crippen molar-refractivity contribution in [2.75, 3.05) is 0 Å². The van der Waals surface area contributed by atoms with Crippen molar-refractivity contribution >= 4 is 21.8 Å². The summed E-state index contributed by atoms with van der Waals surface area (Å²) in [4.78, 5) is 20.0. The van der Waals surface area contributed by atoms with Crippen LogP contribution < -0.4 is 0 Å². The number of aromatic nitrogens is 5. The normalized spacial score (nSPS) is 10.8. The van der Waals surface area contributed by atoms with Crippen LogP contribution in [0.15, 0.2) is 176 Å². The van der Waals surface area contributed by atoms with E-state index >= 15 is 0 Å². The van der Waals surface area contributed by atoms with E-state index in [9.17, 15) is 21.0 Å². The van der Waals surface area contributed by atoms with Crippen LogP contribution >= 0.6 is 0 Å². The molecular weight excluding hydrogens is 775 g/mol. The van der Waals surface area contributed by atoms with E-state index in [1.165, 1.54) is 0 Å². The molecule has 0 atom stereocenters. The van der Waals surface area contributed by atoms with Gasteiger partial charge in [-0.25, -0.2) is 15.0 Å². The third-order valence-corrected chi connectivity index (χ3v) is 11.0. The first-order chi connectivity index (χ1) is 31.0. The number of hydrogen-bond acceptors (Lipinski definition) is 8. The first-order valence-corrected chi connectivity index (χ1v) is 19.9. The highest BCUT2D eigenvalue weighted by Gasteiger charge is 2.21. The van der Waals surface area contributed by atoms with Crippen molar-refractivity contribution in [2.24, 2.45) is 0 Å². The van der Waals surface area contributed by atoms with Crippen LogP contribution in [-0.4, -0.2) is 24.5 Å². The van der Waals surface area contributed by atoms with Gasteiger partial charge in [0.2, 0.25) is 0 Å². The molecule has 9 nitrogen and oxygen atoms in total. The summed E-state index contributed by atoms with van der Waals surface area (Å²) in [6.45, 7) is 0. The highest BCUT2D eigenvalue weighted by molar-refractivity contribution is 6.12. The van der Waals surface area contributed by atoms with Crippen molar-refractivity contribution in [3.8, 4) is 97.6 Å². The van der Waals surface area contributed by atoms with Gasteiger partial charge in [0, 0.05) is 44.9 Å². The molecule has 0 N–H and O–H groups in total. The molecule has 0 radical (unpaired) electrons. The first kappa shape index (κ1) is 37.7. The minimum atomic E-state index is 0.393. The Morgan fingerprint density at radius 1 is 0.365 bits per heavy atom. The molecule has 0 saturated heterocycles. The maximum Gasteiger partial charge on any atom is 0.164 e. The molecular formula is C54H29N9. The quantitative estimate of drug-likeness (QED) is 0.154. The van der Waals surface area contributed by atoms with Crippen molar-refractivity contribution in [3.63, 3.8) is 0 Å². The van der Waals surface area contributed by atoms with E-state index in [0.29, 0.717) is 39.7 Å². The third kappa shape index (κ3) is 7.07. The minimum absolute atomic E-state index is 0.393. The number of nitrogens with zero attached hydrogens (tertiary/aromatic N) is 9. The lowest BCUT2D eigenvalue weighted by Crippen LogP contribution is -2.02. The Hall–Kier alpha value is -9.54. The molecule has 7 aromatic carbocycles. The number of hydrogen-bond donors (Lipinski definition) is 0. The molecule has 0 aliphatic heterocycles. The molecule has 0 aliphatic carbocycles. The predicted molar refractivity (Wildman–Crippen MR) is 243 cm³/mol. The van der Waals surface area contributed by atoms with Crippen LogP contribution in [0.25, 0.3) is 95.2 Å². The van der Waals surface area contributed by atoms with E-state index in [1.54, 1.807) is 42.6 Å². The second-order valence-electron chi connectivity index (χ2n) is 14.8. The molecule has 290 valence electrons. The van der Waals surface area contributed by atoms with Crippen LogP contribution in [0, 0.1) is 45.3 Å². The van der Waals surface area contributed by atoms with Crippen molar-refractivity contribution in [2.45, 2.75) is 0 Å². The SMILES string of the molecule is N#Cc1cc(C#N)cc(-c2ccc3c(c2)c2cc(-c4cc(C#N)cc(C#N)c4)ccc2n3-c2ccc(-c3ccccn3)c(-c3nc(-c4ccccc4)nc(-c4ccccc4)n3)c2)c1. The van der Waals surface area contributed by atoms with Gasteiger partial charge in [-0.2, -0.15) is 21.0 Å². The van der Waals surface area contributed by atoms with Gasteiger partial charge in [-0.05, 0) is 113 Å². The predicted octanol–water partition coefficient (Wildman–Crippen LogP) is 11.9. The van der Waals surface area contributed by atoms with Crippen LogP contribution in [0.1, 0.15) is 22.3 Å². The van der Waals surface area contributed by atoms with Gasteiger partial charge in [0.1, 0.15) is 0 Å². The Kier molecular flexibility index (Phi) is 9.52. The first-order valence-electron chi connectivity index (χ1n) is 19.9.